The van der Waals surface area contributed by atoms with Gasteiger partial charge in [0.05, 0.1) is 12.6 Å². The van der Waals surface area contributed by atoms with Crippen molar-refractivity contribution in [3.05, 3.63) is 22.9 Å². The molecule has 1 unspecified atom stereocenters. The molecule has 3 heterocycles. The summed E-state index contributed by atoms with van der Waals surface area (Å²) in [7, 11) is 0. The zero-order chi connectivity index (χ0) is 20.6. The van der Waals surface area contributed by atoms with E-state index in [0.29, 0.717) is 6.04 Å². The normalized spacial score (nSPS) is 26.0. The quantitative estimate of drug-likeness (QED) is 0.464. The molecule has 3 rings (SSSR count). The van der Waals surface area contributed by atoms with Gasteiger partial charge in [0.25, 0.3) is 0 Å². The molecule has 3 aliphatic rings. The highest BCUT2D eigenvalue weighted by Crippen LogP contribution is 2.24. The van der Waals surface area contributed by atoms with Crippen molar-refractivity contribution in [2.75, 3.05) is 58.9 Å². The lowest BCUT2D eigenvalue weighted by molar-refractivity contribution is 0.183. The molecule has 0 aromatic carbocycles. The monoisotopic (exact) mass is 398 g/mol. The van der Waals surface area contributed by atoms with Gasteiger partial charge in [0.2, 0.25) is 0 Å². The average molecular weight is 399 g/mol. The highest BCUT2D eigenvalue weighted by Gasteiger charge is 2.28. The number of nitrogens with zero attached hydrogens (tertiary/aromatic N) is 6. The van der Waals surface area contributed by atoms with Crippen LogP contribution in [0.1, 0.15) is 52.4 Å². The van der Waals surface area contributed by atoms with Crippen molar-refractivity contribution in [1.29, 1.82) is 5.26 Å². The first-order valence-electron chi connectivity index (χ1n) is 11.6. The molecule has 0 bridgehead atoms. The average Bonchev–Trinajstić information content (AvgIpc) is 3.31. The van der Waals surface area contributed by atoms with Gasteiger partial charge in [-0.2, -0.15) is 0 Å². The minimum absolute atomic E-state index is 0.267. The molecule has 0 spiro atoms. The fraction of sp³-hybridized carbons (Fsp3) is 0.826. The Labute approximate surface area is 177 Å². The molecule has 3 aliphatic heterocycles. The Morgan fingerprint density at radius 1 is 0.966 bits per heavy atom. The molecule has 6 nitrogen and oxygen atoms in total. The molecular formula is C23H38N6. The van der Waals surface area contributed by atoms with Crippen molar-refractivity contribution >= 4 is 0 Å². The van der Waals surface area contributed by atoms with Gasteiger partial charge in [0.1, 0.15) is 5.82 Å². The number of rotatable bonds is 8. The first-order valence-corrected chi connectivity index (χ1v) is 11.6. The van der Waals surface area contributed by atoms with Gasteiger partial charge in [0, 0.05) is 38.8 Å². The van der Waals surface area contributed by atoms with Crippen LogP contribution >= 0.6 is 0 Å². The van der Waals surface area contributed by atoms with E-state index in [1.54, 1.807) is 0 Å². The second kappa shape index (κ2) is 10.9. The molecule has 0 aliphatic carbocycles. The molecule has 3 saturated heterocycles. The third-order valence-corrected chi connectivity index (χ3v) is 7.01. The van der Waals surface area contributed by atoms with Gasteiger partial charge in [-0.1, -0.05) is 6.92 Å². The molecule has 160 valence electrons. The van der Waals surface area contributed by atoms with E-state index in [4.69, 9.17) is 6.57 Å². The van der Waals surface area contributed by atoms with Crippen LogP contribution < -0.4 is 0 Å². The van der Waals surface area contributed by atoms with Crippen LogP contribution in [-0.2, 0) is 0 Å². The molecule has 3 fully saturated rings. The summed E-state index contributed by atoms with van der Waals surface area (Å²) >= 11 is 0. The molecule has 1 atom stereocenters. The van der Waals surface area contributed by atoms with Crippen LogP contribution in [0.3, 0.4) is 0 Å². The van der Waals surface area contributed by atoms with Gasteiger partial charge in [-0.25, -0.2) is 10.1 Å². The first kappa shape index (κ1) is 21.9. The van der Waals surface area contributed by atoms with E-state index < -0.39 is 0 Å². The van der Waals surface area contributed by atoms with E-state index in [1.807, 2.05) is 0 Å². The standard InChI is InChI=1S/C23H38N6/c1-20-8-15-26(16-9-20)10-5-13-28-17-18-29(23(28)22(19-24)25-3)14-6-12-27-11-4-7-21(27)2/h20-21H,4-18H2,1-2H3/b23-22-. The van der Waals surface area contributed by atoms with Crippen LogP contribution in [0.2, 0.25) is 0 Å². The Balaban J connectivity index is 1.50. The fourth-order valence-electron chi connectivity index (χ4n) is 5.07. The Morgan fingerprint density at radius 2 is 1.62 bits per heavy atom. The first-order chi connectivity index (χ1) is 14.1. The maximum absolute atomic E-state index is 9.52. The molecule has 0 saturated carbocycles. The van der Waals surface area contributed by atoms with Crippen molar-refractivity contribution in [3.63, 3.8) is 0 Å². The SMILES string of the molecule is [C-]#[N+]/C(C#N)=C1/N(CCCN2CCC(C)CC2)CCN1CCCN1CCCC1C. The van der Waals surface area contributed by atoms with Crippen molar-refractivity contribution in [3.8, 4) is 6.07 Å². The van der Waals surface area contributed by atoms with Gasteiger partial charge in [0.15, 0.2) is 0 Å². The highest BCUT2D eigenvalue weighted by molar-refractivity contribution is 5.33. The van der Waals surface area contributed by atoms with E-state index in [9.17, 15) is 5.26 Å². The van der Waals surface area contributed by atoms with Crippen molar-refractivity contribution < 1.29 is 0 Å². The van der Waals surface area contributed by atoms with Crippen LogP contribution in [0.5, 0.6) is 0 Å². The van der Waals surface area contributed by atoms with E-state index in [0.717, 1.165) is 63.8 Å². The third kappa shape index (κ3) is 5.87. The van der Waals surface area contributed by atoms with Crippen LogP contribution in [0, 0.1) is 23.8 Å². The summed E-state index contributed by atoms with van der Waals surface area (Å²) in [6.07, 6.45) is 7.46. The molecule has 29 heavy (non-hydrogen) atoms. The molecule has 0 aromatic heterocycles. The molecule has 0 amide bonds. The van der Waals surface area contributed by atoms with Crippen molar-refractivity contribution in [2.45, 2.75) is 58.4 Å². The number of hydrogen-bond donors (Lipinski definition) is 0. The van der Waals surface area contributed by atoms with Crippen LogP contribution in [0.4, 0.5) is 0 Å². The van der Waals surface area contributed by atoms with E-state index >= 15 is 0 Å². The summed E-state index contributed by atoms with van der Waals surface area (Å²) in [6.45, 7) is 21.8. The fourth-order valence-corrected chi connectivity index (χ4v) is 5.07. The zero-order valence-corrected chi connectivity index (χ0v) is 18.4. The summed E-state index contributed by atoms with van der Waals surface area (Å²) in [5.74, 6) is 1.76. The summed E-state index contributed by atoms with van der Waals surface area (Å²) in [6, 6.07) is 2.86. The summed E-state index contributed by atoms with van der Waals surface area (Å²) in [5.41, 5.74) is 0.267. The lowest BCUT2D eigenvalue weighted by atomic mass is 9.99. The molecule has 6 heteroatoms. The molecule has 0 radical (unpaired) electrons. The zero-order valence-electron chi connectivity index (χ0n) is 18.4. The van der Waals surface area contributed by atoms with Gasteiger partial charge >= 0.3 is 5.70 Å². The lowest BCUT2D eigenvalue weighted by Crippen LogP contribution is -2.35. The summed E-state index contributed by atoms with van der Waals surface area (Å²) < 4.78 is 0. The number of nitriles is 1. The Hall–Kier alpha value is -1.76. The van der Waals surface area contributed by atoms with Gasteiger partial charge in [-0.05, 0) is 77.5 Å². The topological polar surface area (TPSA) is 41.1 Å². The minimum atomic E-state index is 0.267. The predicted octanol–water partition coefficient (Wildman–Crippen LogP) is 3.21. The van der Waals surface area contributed by atoms with E-state index in [2.05, 4.69) is 44.4 Å². The summed E-state index contributed by atoms with van der Waals surface area (Å²) in [4.78, 5) is 13.3. The smallest absolute Gasteiger partial charge is 0.300 e. The third-order valence-electron chi connectivity index (χ3n) is 7.01. The van der Waals surface area contributed by atoms with E-state index in [1.165, 1.54) is 45.3 Å². The molecular weight excluding hydrogens is 360 g/mol. The van der Waals surface area contributed by atoms with Gasteiger partial charge in [-0.15, -0.1) is 0 Å². The molecule has 0 aromatic rings. The lowest BCUT2D eigenvalue weighted by Gasteiger charge is -2.31. The largest absolute Gasteiger partial charge is 0.365 e. The Bertz CT molecular complexity index is 621. The Morgan fingerprint density at radius 3 is 2.17 bits per heavy atom. The van der Waals surface area contributed by atoms with E-state index in [-0.39, 0.29) is 5.70 Å². The second-order valence-corrected chi connectivity index (χ2v) is 9.13. The number of allylic oxidation sites excluding steroid dienone is 1. The van der Waals surface area contributed by atoms with Gasteiger partial charge < -0.3 is 19.6 Å². The predicted molar refractivity (Wildman–Crippen MR) is 117 cm³/mol. The number of hydrogen-bond acceptors (Lipinski definition) is 5. The number of piperidine rings is 1. The van der Waals surface area contributed by atoms with Crippen LogP contribution in [0.15, 0.2) is 11.5 Å². The molecule has 0 N–H and O–H groups in total. The summed E-state index contributed by atoms with van der Waals surface area (Å²) in [5, 5.41) is 9.52. The van der Waals surface area contributed by atoms with Crippen molar-refractivity contribution in [2.24, 2.45) is 5.92 Å². The second-order valence-electron chi connectivity index (χ2n) is 9.13. The highest BCUT2D eigenvalue weighted by atomic mass is 15.4. The Kier molecular flexibility index (Phi) is 8.21. The number of likely N-dealkylation sites (tertiary alicyclic amines) is 2. The van der Waals surface area contributed by atoms with Crippen LogP contribution in [-0.4, -0.2) is 84.5 Å². The van der Waals surface area contributed by atoms with Crippen molar-refractivity contribution in [1.82, 2.24) is 19.6 Å². The van der Waals surface area contributed by atoms with Crippen LogP contribution in [0.25, 0.3) is 4.85 Å². The minimum Gasteiger partial charge on any atom is -0.365 e. The maximum atomic E-state index is 9.52. The van der Waals surface area contributed by atoms with Gasteiger partial charge in [-0.3, -0.25) is 0 Å². The maximum Gasteiger partial charge on any atom is 0.300 e.